The molecule has 0 bridgehead atoms. The average molecular weight is 549 g/mol. The highest BCUT2D eigenvalue weighted by Gasteiger charge is 2.26. The lowest BCUT2D eigenvalue weighted by Gasteiger charge is -2.30. The molecule has 1 heterocycles. The van der Waals surface area contributed by atoms with Crippen molar-refractivity contribution >= 4 is 23.2 Å². The Labute approximate surface area is 231 Å². The molecular formula is C32H28ClF3N2O. The Balaban J connectivity index is 1.25. The summed E-state index contributed by atoms with van der Waals surface area (Å²) in [5, 5.41) is 3.11. The van der Waals surface area contributed by atoms with Crippen LogP contribution in [0.2, 0.25) is 5.15 Å². The molecule has 1 fully saturated rings. The minimum Gasteiger partial charge on any atom is -0.322 e. The van der Waals surface area contributed by atoms with Gasteiger partial charge in [0.05, 0.1) is 0 Å². The number of alkyl halides is 2. The molecular weight excluding hydrogens is 521 g/mol. The summed E-state index contributed by atoms with van der Waals surface area (Å²) in [6.07, 6.45) is 3.47. The molecule has 39 heavy (non-hydrogen) atoms. The summed E-state index contributed by atoms with van der Waals surface area (Å²) < 4.78 is 40.3. The van der Waals surface area contributed by atoms with Gasteiger partial charge in [0.1, 0.15) is 11.0 Å². The fraction of sp³-hybridized carbons (Fsp3) is 0.250. The molecule has 5 rings (SSSR count). The third-order valence-electron chi connectivity index (χ3n) is 7.51. The fourth-order valence-electron chi connectivity index (χ4n) is 5.39. The molecule has 0 radical (unpaired) electrons. The van der Waals surface area contributed by atoms with Crippen LogP contribution in [-0.4, -0.2) is 10.9 Å². The van der Waals surface area contributed by atoms with E-state index in [1.54, 1.807) is 30.3 Å². The third-order valence-corrected chi connectivity index (χ3v) is 7.71. The molecule has 0 atom stereocenters. The van der Waals surface area contributed by atoms with Gasteiger partial charge in [-0.3, -0.25) is 4.79 Å². The van der Waals surface area contributed by atoms with Gasteiger partial charge in [0.25, 0.3) is 12.3 Å². The number of benzene rings is 3. The van der Waals surface area contributed by atoms with Crippen LogP contribution < -0.4 is 5.32 Å². The van der Waals surface area contributed by atoms with Crippen molar-refractivity contribution in [3.63, 3.8) is 0 Å². The van der Waals surface area contributed by atoms with Crippen molar-refractivity contribution in [1.29, 1.82) is 0 Å². The quantitative estimate of drug-likeness (QED) is 0.234. The van der Waals surface area contributed by atoms with E-state index in [1.165, 1.54) is 36.0 Å². The average Bonchev–Trinajstić information content (AvgIpc) is 2.94. The molecule has 4 aromatic rings. The highest BCUT2D eigenvalue weighted by atomic mass is 35.5. The van der Waals surface area contributed by atoms with Crippen LogP contribution in [0.25, 0.3) is 11.1 Å². The standard InChI is InChI=1S/C32H28ClF3N2O/c33-30-19-26(15-16-37-30)32(39)38-29-14-11-25(31(35)36)18-28(29)24-7-3-21(4-8-24)17-20-1-5-22(6-2-20)23-9-12-27(34)13-10-23/h1-2,5-6,9-16,18-19,21,24,31H,3-4,7-8,17H2,(H,38,39). The number of carbonyl (C=O) groups is 1. The van der Waals surface area contributed by atoms with Crippen molar-refractivity contribution in [2.24, 2.45) is 5.92 Å². The molecule has 1 aromatic heterocycles. The number of nitrogens with one attached hydrogen (secondary N) is 1. The van der Waals surface area contributed by atoms with E-state index >= 15 is 0 Å². The van der Waals surface area contributed by atoms with Gasteiger partial charge in [0.15, 0.2) is 0 Å². The summed E-state index contributed by atoms with van der Waals surface area (Å²) in [5.74, 6) is -0.0338. The number of halogens is 4. The maximum Gasteiger partial charge on any atom is 0.263 e. The molecule has 1 N–H and O–H groups in total. The van der Waals surface area contributed by atoms with E-state index in [2.05, 4.69) is 34.6 Å². The van der Waals surface area contributed by atoms with E-state index in [1.807, 2.05) is 0 Å². The van der Waals surface area contributed by atoms with Crippen molar-refractivity contribution in [3.8, 4) is 11.1 Å². The number of nitrogens with zero attached hydrogens (tertiary/aromatic N) is 1. The summed E-state index contributed by atoms with van der Waals surface area (Å²) in [7, 11) is 0. The Kier molecular flexibility index (Phi) is 8.32. The lowest BCUT2D eigenvalue weighted by molar-refractivity contribution is 0.102. The van der Waals surface area contributed by atoms with Crippen LogP contribution in [0.3, 0.4) is 0 Å². The second kappa shape index (κ2) is 12.0. The zero-order valence-electron chi connectivity index (χ0n) is 21.2. The molecule has 0 aliphatic heterocycles. The van der Waals surface area contributed by atoms with Gasteiger partial charge in [-0.15, -0.1) is 0 Å². The van der Waals surface area contributed by atoms with E-state index in [4.69, 9.17) is 11.6 Å². The Hall–Kier alpha value is -3.64. The minimum absolute atomic E-state index is 0.0432. The van der Waals surface area contributed by atoms with Gasteiger partial charge < -0.3 is 5.32 Å². The second-order valence-electron chi connectivity index (χ2n) is 10.1. The Morgan fingerprint density at radius 3 is 2.21 bits per heavy atom. The van der Waals surface area contributed by atoms with Crippen molar-refractivity contribution in [2.75, 3.05) is 5.32 Å². The number of hydrogen-bond acceptors (Lipinski definition) is 2. The smallest absolute Gasteiger partial charge is 0.263 e. The number of anilines is 1. The molecule has 1 amide bonds. The number of rotatable bonds is 7. The molecule has 3 nitrogen and oxygen atoms in total. The highest BCUT2D eigenvalue weighted by Crippen LogP contribution is 2.41. The summed E-state index contributed by atoms with van der Waals surface area (Å²) in [6, 6.07) is 22.4. The SMILES string of the molecule is O=C(Nc1ccc(C(F)F)cc1C1CCC(Cc2ccc(-c3ccc(F)cc3)cc2)CC1)c1ccnc(Cl)c1. The van der Waals surface area contributed by atoms with Gasteiger partial charge in [0.2, 0.25) is 0 Å². The van der Waals surface area contributed by atoms with Crippen molar-refractivity contribution in [1.82, 2.24) is 4.98 Å². The third kappa shape index (κ3) is 6.69. The number of aromatic nitrogens is 1. The number of amides is 1. The van der Waals surface area contributed by atoms with E-state index < -0.39 is 6.43 Å². The summed E-state index contributed by atoms with van der Waals surface area (Å²) in [4.78, 5) is 16.7. The first kappa shape index (κ1) is 26.9. The zero-order valence-corrected chi connectivity index (χ0v) is 22.0. The molecule has 1 saturated carbocycles. The molecule has 0 saturated heterocycles. The lowest BCUT2D eigenvalue weighted by atomic mass is 9.76. The number of pyridine rings is 1. The largest absolute Gasteiger partial charge is 0.322 e. The van der Waals surface area contributed by atoms with Gasteiger partial charge in [-0.1, -0.05) is 54.1 Å². The van der Waals surface area contributed by atoms with Crippen LogP contribution in [0, 0.1) is 11.7 Å². The van der Waals surface area contributed by atoms with Crippen LogP contribution in [-0.2, 0) is 6.42 Å². The minimum atomic E-state index is -2.58. The Morgan fingerprint density at radius 2 is 1.56 bits per heavy atom. The first-order valence-corrected chi connectivity index (χ1v) is 13.4. The van der Waals surface area contributed by atoms with Crippen LogP contribution in [0.15, 0.2) is 85.1 Å². The predicted octanol–water partition coefficient (Wildman–Crippen LogP) is 9.25. The molecule has 7 heteroatoms. The number of hydrogen-bond donors (Lipinski definition) is 1. The maximum atomic E-state index is 13.6. The molecule has 200 valence electrons. The van der Waals surface area contributed by atoms with Crippen LogP contribution in [0.1, 0.15) is 65.1 Å². The van der Waals surface area contributed by atoms with Crippen molar-refractivity contribution < 1.29 is 18.0 Å². The molecule has 0 spiro atoms. The highest BCUT2D eigenvalue weighted by molar-refractivity contribution is 6.29. The van der Waals surface area contributed by atoms with E-state index in [-0.39, 0.29) is 28.4 Å². The summed E-state index contributed by atoms with van der Waals surface area (Å²) in [6.45, 7) is 0. The van der Waals surface area contributed by atoms with Crippen LogP contribution in [0.4, 0.5) is 18.9 Å². The zero-order chi connectivity index (χ0) is 27.4. The predicted molar refractivity (Wildman–Crippen MR) is 149 cm³/mol. The summed E-state index contributed by atoms with van der Waals surface area (Å²) >= 11 is 5.93. The maximum absolute atomic E-state index is 13.6. The van der Waals surface area contributed by atoms with E-state index in [0.717, 1.165) is 48.8 Å². The topological polar surface area (TPSA) is 42.0 Å². The van der Waals surface area contributed by atoms with Gasteiger partial charge in [0, 0.05) is 23.0 Å². The normalized spacial score (nSPS) is 17.3. The van der Waals surface area contributed by atoms with Gasteiger partial charge in [-0.25, -0.2) is 18.2 Å². The molecule has 1 aliphatic carbocycles. The van der Waals surface area contributed by atoms with Gasteiger partial charge in [-0.05, 0) is 103 Å². The first-order chi connectivity index (χ1) is 18.9. The molecule has 0 unspecified atom stereocenters. The van der Waals surface area contributed by atoms with Gasteiger partial charge >= 0.3 is 0 Å². The van der Waals surface area contributed by atoms with Crippen molar-refractivity contribution in [3.05, 3.63) is 118 Å². The molecule has 3 aromatic carbocycles. The Morgan fingerprint density at radius 1 is 0.897 bits per heavy atom. The fourth-order valence-corrected chi connectivity index (χ4v) is 5.57. The second-order valence-corrected chi connectivity index (χ2v) is 10.5. The van der Waals surface area contributed by atoms with Crippen LogP contribution >= 0.6 is 11.6 Å². The van der Waals surface area contributed by atoms with E-state index in [9.17, 15) is 18.0 Å². The molecule has 1 aliphatic rings. The first-order valence-electron chi connectivity index (χ1n) is 13.1. The van der Waals surface area contributed by atoms with Gasteiger partial charge in [-0.2, -0.15) is 0 Å². The van der Waals surface area contributed by atoms with Crippen LogP contribution in [0.5, 0.6) is 0 Å². The Bertz CT molecular complexity index is 1430. The van der Waals surface area contributed by atoms with Crippen molar-refractivity contribution in [2.45, 2.75) is 44.4 Å². The summed E-state index contributed by atoms with van der Waals surface area (Å²) in [5.41, 5.74) is 4.88. The monoisotopic (exact) mass is 548 g/mol. The lowest BCUT2D eigenvalue weighted by Crippen LogP contribution is -2.18. The van der Waals surface area contributed by atoms with E-state index in [0.29, 0.717) is 17.2 Å². The number of carbonyl (C=O) groups excluding carboxylic acids is 1.